The van der Waals surface area contributed by atoms with E-state index in [0.717, 1.165) is 45.5 Å². The molecule has 23 heavy (non-hydrogen) atoms. The van der Waals surface area contributed by atoms with E-state index < -0.39 is 0 Å². The van der Waals surface area contributed by atoms with E-state index in [1.165, 1.54) is 24.1 Å². The molecule has 0 aromatic carbocycles. The molecule has 4 rings (SSSR count). The van der Waals surface area contributed by atoms with Gasteiger partial charge in [0.1, 0.15) is 5.82 Å². The first-order valence-electron chi connectivity index (χ1n) is 8.01. The van der Waals surface area contributed by atoms with Gasteiger partial charge < -0.3 is 5.32 Å². The van der Waals surface area contributed by atoms with Gasteiger partial charge in [0.15, 0.2) is 10.8 Å². The Bertz CT molecular complexity index is 844. The lowest BCUT2D eigenvalue weighted by molar-refractivity contribution is 0.648. The zero-order valence-electron chi connectivity index (χ0n) is 13.7. The first-order chi connectivity index (χ1) is 11.1. The molecule has 3 aromatic rings. The smallest absolute Gasteiger partial charge is 0.185 e. The Morgan fingerprint density at radius 1 is 1.09 bits per heavy atom. The second-order valence-electron chi connectivity index (χ2n) is 6.09. The highest BCUT2D eigenvalue weighted by Gasteiger charge is 2.16. The normalized spacial score (nSPS) is 14.2. The molecule has 0 saturated carbocycles. The van der Waals surface area contributed by atoms with Gasteiger partial charge in [-0.1, -0.05) is 11.3 Å². The predicted molar refractivity (Wildman–Crippen MR) is 91.9 cm³/mol. The number of nitrogens with zero attached hydrogens (tertiary/aromatic N) is 5. The van der Waals surface area contributed by atoms with Crippen molar-refractivity contribution in [2.45, 2.75) is 46.1 Å². The molecule has 6 nitrogen and oxygen atoms in total. The van der Waals surface area contributed by atoms with Crippen LogP contribution < -0.4 is 5.32 Å². The van der Waals surface area contributed by atoms with Crippen LogP contribution in [0.5, 0.6) is 0 Å². The minimum Gasteiger partial charge on any atom is -0.354 e. The van der Waals surface area contributed by atoms with Crippen molar-refractivity contribution in [1.82, 2.24) is 24.7 Å². The third-order valence-corrected chi connectivity index (χ3v) is 5.49. The van der Waals surface area contributed by atoms with Gasteiger partial charge in [-0.15, -0.1) is 0 Å². The minimum absolute atomic E-state index is 0.612. The number of anilines is 1. The number of aromatic nitrogens is 5. The van der Waals surface area contributed by atoms with E-state index >= 15 is 0 Å². The van der Waals surface area contributed by atoms with Crippen molar-refractivity contribution in [1.29, 1.82) is 0 Å². The summed E-state index contributed by atoms with van der Waals surface area (Å²) in [6, 6.07) is 0. The van der Waals surface area contributed by atoms with E-state index in [9.17, 15) is 0 Å². The molecule has 1 aliphatic rings. The highest BCUT2D eigenvalue weighted by Crippen LogP contribution is 2.28. The van der Waals surface area contributed by atoms with Crippen LogP contribution in [0.3, 0.4) is 0 Å². The summed E-state index contributed by atoms with van der Waals surface area (Å²) in [5, 5.41) is 8.65. The second kappa shape index (κ2) is 5.56. The minimum atomic E-state index is 0.612. The van der Waals surface area contributed by atoms with Crippen molar-refractivity contribution < 1.29 is 0 Å². The Labute approximate surface area is 139 Å². The molecule has 1 aliphatic carbocycles. The SMILES string of the molecule is Cc1nc(CNc2nc3c(s2)c(C)nn3C)nc2c1CCCC2. The van der Waals surface area contributed by atoms with Crippen LogP contribution in [-0.4, -0.2) is 24.7 Å². The van der Waals surface area contributed by atoms with E-state index in [0.29, 0.717) is 6.54 Å². The molecule has 0 amide bonds. The van der Waals surface area contributed by atoms with Gasteiger partial charge in [0.25, 0.3) is 0 Å². The Balaban J connectivity index is 1.56. The van der Waals surface area contributed by atoms with Crippen molar-refractivity contribution in [3.8, 4) is 0 Å². The number of rotatable bonds is 3. The van der Waals surface area contributed by atoms with E-state index in [4.69, 9.17) is 4.98 Å². The standard InChI is InChI=1S/C16H20N6S/c1-9-11-6-4-5-7-12(11)19-13(18-9)8-17-16-20-15-14(23-16)10(2)21-22(15)3/h4-8H2,1-3H3,(H,17,20). The predicted octanol–water partition coefficient (Wildman–Crippen LogP) is 2.93. The average Bonchev–Trinajstić information content (AvgIpc) is 3.07. The quantitative estimate of drug-likeness (QED) is 0.800. The lowest BCUT2D eigenvalue weighted by atomic mass is 9.95. The number of fused-ring (bicyclic) bond motifs is 2. The van der Waals surface area contributed by atoms with E-state index in [1.807, 2.05) is 18.7 Å². The lowest BCUT2D eigenvalue weighted by Gasteiger charge is -2.17. The molecule has 0 radical (unpaired) electrons. The summed E-state index contributed by atoms with van der Waals surface area (Å²) < 4.78 is 2.96. The Morgan fingerprint density at radius 2 is 1.91 bits per heavy atom. The Hall–Kier alpha value is -2.02. The van der Waals surface area contributed by atoms with Crippen molar-refractivity contribution in [3.05, 3.63) is 28.5 Å². The van der Waals surface area contributed by atoms with E-state index in [2.05, 4.69) is 27.3 Å². The van der Waals surface area contributed by atoms with Gasteiger partial charge >= 0.3 is 0 Å². The summed E-state index contributed by atoms with van der Waals surface area (Å²) in [5.74, 6) is 0.859. The number of nitrogens with one attached hydrogen (secondary N) is 1. The monoisotopic (exact) mass is 328 g/mol. The van der Waals surface area contributed by atoms with Gasteiger partial charge in [-0.05, 0) is 45.1 Å². The van der Waals surface area contributed by atoms with Crippen LogP contribution in [0.15, 0.2) is 0 Å². The molecule has 3 heterocycles. The molecule has 7 heteroatoms. The Morgan fingerprint density at radius 3 is 2.74 bits per heavy atom. The van der Waals surface area contributed by atoms with Gasteiger partial charge in [-0.2, -0.15) is 5.10 Å². The van der Waals surface area contributed by atoms with Crippen LogP contribution >= 0.6 is 11.3 Å². The van der Waals surface area contributed by atoms with Crippen LogP contribution in [0, 0.1) is 13.8 Å². The summed E-state index contributed by atoms with van der Waals surface area (Å²) >= 11 is 1.64. The molecule has 0 atom stereocenters. The maximum Gasteiger partial charge on any atom is 0.185 e. The molecule has 0 fully saturated rings. The lowest BCUT2D eigenvalue weighted by Crippen LogP contribution is -2.14. The van der Waals surface area contributed by atoms with Crippen LogP contribution in [0.1, 0.15) is 41.3 Å². The van der Waals surface area contributed by atoms with Crippen LogP contribution in [0.2, 0.25) is 0 Å². The summed E-state index contributed by atoms with van der Waals surface area (Å²) in [4.78, 5) is 14.0. The molecule has 0 saturated heterocycles. The molecule has 0 aliphatic heterocycles. The average molecular weight is 328 g/mol. The largest absolute Gasteiger partial charge is 0.354 e. The zero-order chi connectivity index (χ0) is 16.0. The van der Waals surface area contributed by atoms with Gasteiger partial charge in [-0.3, -0.25) is 0 Å². The summed E-state index contributed by atoms with van der Waals surface area (Å²) in [5.41, 5.74) is 5.69. The molecule has 0 unspecified atom stereocenters. The third-order valence-electron chi connectivity index (χ3n) is 4.38. The fourth-order valence-corrected chi connectivity index (χ4v) is 4.17. The summed E-state index contributed by atoms with van der Waals surface area (Å²) in [6.45, 7) is 4.72. The molecule has 120 valence electrons. The molecule has 3 aromatic heterocycles. The first kappa shape index (κ1) is 14.6. The highest BCUT2D eigenvalue weighted by atomic mass is 32.1. The van der Waals surface area contributed by atoms with Crippen molar-refractivity contribution in [2.24, 2.45) is 7.05 Å². The van der Waals surface area contributed by atoms with Crippen molar-refractivity contribution in [3.63, 3.8) is 0 Å². The number of hydrogen-bond donors (Lipinski definition) is 1. The fourth-order valence-electron chi connectivity index (χ4n) is 3.24. The maximum absolute atomic E-state index is 4.75. The van der Waals surface area contributed by atoms with Crippen LogP contribution in [0.25, 0.3) is 10.3 Å². The van der Waals surface area contributed by atoms with Gasteiger partial charge in [-0.25, -0.2) is 19.6 Å². The summed E-state index contributed by atoms with van der Waals surface area (Å²) in [7, 11) is 1.93. The van der Waals surface area contributed by atoms with Crippen molar-refractivity contribution >= 4 is 26.8 Å². The zero-order valence-corrected chi connectivity index (χ0v) is 14.5. The highest BCUT2D eigenvalue weighted by molar-refractivity contribution is 7.22. The maximum atomic E-state index is 4.75. The number of hydrogen-bond acceptors (Lipinski definition) is 6. The number of thiazole rings is 1. The van der Waals surface area contributed by atoms with Gasteiger partial charge in [0.05, 0.1) is 16.9 Å². The van der Waals surface area contributed by atoms with Crippen LogP contribution in [0.4, 0.5) is 5.13 Å². The van der Waals surface area contributed by atoms with Gasteiger partial charge in [0, 0.05) is 18.4 Å². The molecule has 0 bridgehead atoms. The second-order valence-corrected chi connectivity index (χ2v) is 7.09. The number of aryl methyl sites for hydroxylation is 4. The fraction of sp³-hybridized carbons (Fsp3) is 0.500. The molecular weight excluding hydrogens is 308 g/mol. The van der Waals surface area contributed by atoms with Crippen LogP contribution in [-0.2, 0) is 26.4 Å². The summed E-state index contributed by atoms with van der Waals surface area (Å²) in [6.07, 6.45) is 4.70. The van der Waals surface area contributed by atoms with E-state index in [1.54, 1.807) is 11.3 Å². The van der Waals surface area contributed by atoms with Crippen molar-refractivity contribution in [2.75, 3.05) is 5.32 Å². The molecule has 0 spiro atoms. The third kappa shape index (κ3) is 2.59. The molecule has 1 N–H and O–H groups in total. The first-order valence-corrected chi connectivity index (χ1v) is 8.83. The van der Waals surface area contributed by atoms with E-state index in [-0.39, 0.29) is 0 Å². The molecular formula is C16H20N6S. The van der Waals surface area contributed by atoms with Gasteiger partial charge in [0.2, 0.25) is 0 Å². The Kier molecular flexibility index (Phi) is 3.52. The topological polar surface area (TPSA) is 68.5 Å².